The van der Waals surface area contributed by atoms with Gasteiger partial charge in [0.15, 0.2) is 0 Å². The molecule has 198 valence electrons. The molecule has 0 bridgehead atoms. The van der Waals surface area contributed by atoms with Gasteiger partial charge < -0.3 is 30.5 Å². The Morgan fingerprint density at radius 1 is 0.919 bits per heavy atom. The van der Waals surface area contributed by atoms with E-state index in [0.717, 1.165) is 22.3 Å². The number of rotatable bonds is 9. The van der Waals surface area contributed by atoms with Crippen LogP contribution in [0.4, 0.5) is 9.59 Å². The Balaban J connectivity index is 1.50. The second-order valence-corrected chi connectivity index (χ2v) is 9.91. The standard InChI is InChI=1S/C27H33N3O7/c1-16(14-28-24(33)22(13-23(31)32)30-26(35)37-27(2,3)4)29-25(34)36-15-21-19-11-7-5-9-17(19)18-10-6-8-12-20(18)21/h5-12,16,21-22H,13-15H2,1-4H3,(H,28,33)(H,29,34)(H,30,35)(H,31,32)/t16-,22-/m0/s1. The summed E-state index contributed by atoms with van der Waals surface area (Å²) in [4.78, 5) is 48.1. The van der Waals surface area contributed by atoms with Gasteiger partial charge in [-0.15, -0.1) is 0 Å². The molecule has 0 heterocycles. The molecule has 0 unspecified atom stereocenters. The van der Waals surface area contributed by atoms with Gasteiger partial charge in [0.2, 0.25) is 5.91 Å². The lowest BCUT2D eigenvalue weighted by molar-refractivity contribution is -0.139. The molecule has 0 fully saturated rings. The predicted molar refractivity (Wildman–Crippen MR) is 136 cm³/mol. The average molecular weight is 512 g/mol. The molecule has 37 heavy (non-hydrogen) atoms. The first-order chi connectivity index (χ1) is 17.4. The maximum Gasteiger partial charge on any atom is 0.408 e. The molecule has 0 spiro atoms. The van der Waals surface area contributed by atoms with Crippen molar-refractivity contribution in [3.05, 3.63) is 59.7 Å². The van der Waals surface area contributed by atoms with Crippen molar-refractivity contribution in [2.75, 3.05) is 13.2 Å². The van der Waals surface area contributed by atoms with Gasteiger partial charge in [0.05, 0.1) is 6.42 Å². The molecule has 2 aromatic rings. The number of carboxylic acids is 1. The van der Waals surface area contributed by atoms with Gasteiger partial charge in [-0.2, -0.15) is 0 Å². The monoisotopic (exact) mass is 511 g/mol. The number of aliphatic carboxylic acids is 1. The number of amides is 3. The quantitative estimate of drug-likeness (QED) is 0.404. The second-order valence-electron chi connectivity index (χ2n) is 9.91. The van der Waals surface area contributed by atoms with Crippen LogP contribution in [0.15, 0.2) is 48.5 Å². The summed E-state index contributed by atoms with van der Waals surface area (Å²) in [6, 6.07) is 14.2. The van der Waals surface area contributed by atoms with Crippen LogP contribution in [-0.2, 0) is 19.1 Å². The zero-order chi connectivity index (χ0) is 27.2. The first kappa shape index (κ1) is 27.5. The molecule has 3 rings (SSSR count). The highest BCUT2D eigenvalue weighted by atomic mass is 16.6. The van der Waals surface area contributed by atoms with E-state index in [4.69, 9.17) is 14.6 Å². The van der Waals surface area contributed by atoms with Gasteiger partial charge in [-0.3, -0.25) is 9.59 Å². The Kier molecular flexibility index (Phi) is 8.75. The number of fused-ring (bicyclic) bond motifs is 3. The van der Waals surface area contributed by atoms with E-state index in [1.165, 1.54) is 0 Å². The van der Waals surface area contributed by atoms with E-state index in [9.17, 15) is 19.2 Å². The number of benzene rings is 2. The fourth-order valence-electron chi connectivity index (χ4n) is 4.10. The maximum absolute atomic E-state index is 12.5. The molecule has 0 saturated carbocycles. The van der Waals surface area contributed by atoms with Crippen LogP contribution in [0, 0.1) is 0 Å². The fraction of sp³-hybridized carbons (Fsp3) is 0.407. The normalized spacial score (nSPS) is 13.9. The van der Waals surface area contributed by atoms with E-state index in [1.54, 1.807) is 27.7 Å². The minimum atomic E-state index is -1.34. The summed E-state index contributed by atoms with van der Waals surface area (Å²) in [5, 5.41) is 16.6. The van der Waals surface area contributed by atoms with Crippen molar-refractivity contribution in [1.82, 2.24) is 16.0 Å². The number of hydrogen-bond acceptors (Lipinski definition) is 6. The topological polar surface area (TPSA) is 143 Å². The number of carbonyl (C=O) groups excluding carboxylic acids is 3. The van der Waals surface area contributed by atoms with Gasteiger partial charge in [-0.05, 0) is 49.9 Å². The largest absolute Gasteiger partial charge is 0.481 e. The van der Waals surface area contributed by atoms with Crippen molar-refractivity contribution in [1.29, 1.82) is 0 Å². The summed E-state index contributed by atoms with van der Waals surface area (Å²) in [6.45, 7) is 6.75. The molecule has 1 aliphatic carbocycles. The zero-order valence-corrected chi connectivity index (χ0v) is 21.4. The molecule has 2 atom stereocenters. The van der Waals surface area contributed by atoms with Crippen molar-refractivity contribution < 1.29 is 33.8 Å². The van der Waals surface area contributed by atoms with E-state index in [2.05, 4.69) is 16.0 Å². The highest BCUT2D eigenvalue weighted by molar-refractivity contribution is 5.89. The molecule has 0 saturated heterocycles. The maximum atomic E-state index is 12.5. The minimum absolute atomic E-state index is 0.00482. The highest BCUT2D eigenvalue weighted by Crippen LogP contribution is 2.44. The third-order valence-corrected chi connectivity index (χ3v) is 5.68. The Bertz CT molecular complexity index is 1110. The lowest BCUT2D eigenvalue weighted by Crippen LogP contribution is -2.51. The van der Waals surface area contributed by atoms with Crippen LogP contribution in [-0.4, -0.2) is 60.0 Å². The minimum Gasteiger partial charge on any atom is -0.481 e. The van der Waals surface area contributed by atoms with Crippen molar-refractivity contribution in [3.8, 4) is 11.1 Å². The van der Waals surface area contributed by atoms with Crippen LogP contribution in [0.2, 0.25) is 0 Å². The lowest BCUT2D eigenvalue weighted by Gasteiger charge is -2.23. The summed E-state index contributed by atoms with van der Waals surface area (Å²) in [7, 11) is 0. The Labute approximate surface area is 215 Å². The van der Waals surface area contributed by atoms with Gasteiger partial charge in [-0.1, -0.05) is 48.5 Å². The van der Waals surface area contributed by atoms with E-state index in [0.29, 0.717) is 0 Å². The smallest absolute Gasteiger partial charge is 0.408 e. The number of nitrogens with one attached hydrogen (secondary N) is 3. The summed E-state index contributed by atoms with van der Waals surface area (Å²) >= 11 is 0. The molecule has 0 aliphatic heterocycles. The van der Waals surface area contributed by atoms with Gasteiger partial charge in [-0.25, -0.2) is 9.59 Å². The third-order valence-electron chi connectivity index (χ3n) is 5.68. The molecule has 0 radical (unpaired) electrons. The van der Waals surface area contributed by atoms with Gasteiger partial charge in [0.1, 0.15) is 18.2 Å². The van der Waals surface area contributed by atoms with Gasteiger partial charge >= 0.3 is 18.2 Å². The molecule has 10 nitrogen and oxygen atoms in total. The zero-order valence-electron chi connectivity index (χ0n) is 21.4. The number of carbonyl (C=O) groups is 4. The molecular formula is C27H33N3O7. The summed E-state index contributed by atoms with van der Waals surface area (Å²) in [5.74, 6) is -2.06. The number of alkyl carbamates (subject to hydrolysis) is 2. The molecule has 10 heteroatoms. The second kappa shape index (κ2) is 11.8. The highest BCUT2D eigenvalue weighted by Gasteiger charge is 2.30. The molecule has 1 aliphatic rings. The molecule has 3 amide bonds. The number of ether oxygens (including phenoxy) is 2. The predicted octanol–water partition coefficient (Wildman–Crippen LogP) is 3.40. The van der Waals surface area contributed by atoms with Gasteiger partial charge in [0.25, 0.3) is 0 Å². The SMILES string of the molecule is C[C@@H](CNC(=O)[C@H](CC(=O)O)NC(=O)OC(C)(C)C)NC(=O)OCC1c2ccccc2-c2ccccc21. The van der Waals surface area contributed by atoms with Crippen LogP contribution < -0.4 is 16.0 Å². The van der Waals surface area contributed by atoms with Crippen LogP contribution in [0.3, 0.4) is 0 Å². The molecular weight excluding hydrogens is 478 g/mol. The summed E-state index contributed by atoms with van der Waals surface area (Å²) < 4.78 is 10.6. The van der Waals surface area contributed by atoms with Crippen LogP contribution >= 0.6 is 0 Å². The number of carboxylic acid groups (broad SMARTS) is 1. The summed E-state index contributed by atoms with van der Waals surface area (Å²) in [6.07, 6.45) is -2.17. The van der Waals surface area contributed by atoms with E-state index in [-0.39, 0.29) is 19.1 Å². The van der Waals surface area contributed by atoms with Crippen molar-refractivity contribution >= 4 is 24.1 Å². The summed E-state index contributed by atoms with van der Waals surface area (Å²) in [5.41, 5.74) is 3.63. The Hall–Kier alpha value is -4.08. The Morgan fingerprint density at radius 2 is 1.49 bits per heavy atom. The van der Waals surface area contributed by atoms with E-state index < -0.39 is 48.2 Å². The average Bonchev–Trinajstić information content (AvgIpc) is 3.13. The fourth-order valence-corrected chi connectivity index (χ4v) is 4.10. The third kappa shape index (κ3) is 7.70. The Morgan fingerprint density at radius 3 is 2.03 bits per heavy atom. The molecule has 0 aromatic heterocycles. The first-order valence-electron chi connectivity index (χ1n) is 12.0. The van der Waals surface area contributed by atoms with E-state index >= 15 is 0 Å². The van der Waals surface area contributed by atoms with Crippen molar-refractivity contribution in [2.24, 2.45) is 0 Å². The van der Waals surface area contributed by atoms with Crippen LogP contribution in [0.25, 0.3) is 11.1 Å². The molecule has 4 N–H and O–H groups in total. The molecule has 2 aromatic carbocycles. The van der Waals surface area contributed by atoms with Gasteiger partial charge in [0, 0.05) is 18.5 Å². The van der Waals surface area contributed by atoms with Crippen LogP contribution in [0.5, 0.6) is 0 Å². The van der Waals surface area contributed by atoms with Crippen molar-refractivity contribution in [3.63, 3.8) is 0 Å². The lowest BCUT2D eigenvalue weighted by atomic mass is 9.98. The van der Waals surface area contributed by atoms with Crippen LogP contribution in [0.1, 0.15) is 51.2 Å². The van der Waals surface area contributed by atoms with E-state index in [1.807, 2.05) is 48.5 Å². The number of hydrogen-bond donors (Lipinski definition) is 4. The first-order valence-corrected chi connectivity index (χ1v) is 12.0. The van der Waals surface area contributed by atoms with Crippen molar-refractivity contribution in [2.45, 2.75) is 57.7 Å².